The van der Waals surface area contributed by atoms with Gasteiger partial charge in [0.25, 0.3) is 0 Å². The third-order valence-electron chi connectivity index (χ3n) is 3.32. The van der Waals surface area contributed by atoms with Gasteiger partial charge in [0.2, 0.25) is 11.7 Å². The Balaban J connectivity index is 2.04. The van der Waals surface area contributed by atoms with Gasteiger partial charge in [-0.25, -0.2) is 19.7 Å². The number of hydrogen-bond acceptors (Lipinski definition) is 7. The van der Waals surface area contributed by atoms with Crippen LogP contribution in [0.25, 0.3) is 11.6 Å². The third-order valence-corrected chi connectivity index (χ3v) is 3.32. The van der Waals surface area contributed by atoms with Gasteiger partial charge in [0.05, 0.1) is 6.61 Å². The Hall–Kier alpha value is -3.35. The molecule has 7 nitrogen and oxygen atoms in total. The van der Waals surface area contributed by atoms with Gasteiger partial charge in [-0.2, -0.15) is 4.98 Å². The number of benzene rings is 1. The molecule has 0 atom stereocenters. The minimum atomic E-state index is -0.549. The summed E-state index contributed by atoms with van der Waals surface area (Å²) < 4.78 is 10.9. The fourth-order valence-electron chi connectivity index (χ4n) is 2.09. The lowest BCUT2D eigenvalue weighted by atomic mass is 10.2. The van der Waals surface area contributed by atoms with E-state index in [1.807, 2.05) is 25.1 Å². The van der Waals surface area contributed by atoms with Crippen LogP contribution in [-0.2, 0) is 4.74 Å². The highest BCUT2D eigenvalue weighted by atomic mass is 16.5. The van der Waals surface area contributed by atoms with Gasteiger partial charge >= 0.3 is 5.97 Å². The molecule has 0 amide bonds. The van der Waals surface area contributed by atoms with Crippen LogP contribution in [0.3, 0.4) is 0 Å². The van der Waals surface area contributed by atoms with E-state index in [-0.39, 0.29) is 23.9 Å². The molecule has 0 N–H and O–H groups in total. The Morgan fingerprint density at radius 3 is 2.52 bits per heavy atom. The standard InChI is InChI=1S/C18H16N4O3/c1-3-24-18(23)13-11-21-16(15-19-9-6-10-20-15)22-17(13)25-14-8-5-4-7-12(14)2/h4-11H,3H2,1-2H3. The molecule has 0 spiro atoms. The molecule has 0 saturated carbocycles. The number of esters is 1. The van der Waals surface area contributed by atoms with Gasteiger partial charge in [0, 0.05) is 18.6 Å². The zero-order chi connectivity index (χ0) is 17.6. The number of ether oxygens (including phenoxy) is 2. The van der Waals surface area contributed by atoms with E-state index in [1.54, 1.807) is 31.5 Å². The third kappa shape index (κ3) is 3.77. The Morgan fingerprint density at radius 1 is 1.04 bits per heavy atom. The predicted molar refractivity (Wildman–Crippen MR) is 90.3 cm³/mol. The first kappa shape index (κ1) is 16.5. The van der Waals surface area contributed by atoms with Crippen molar-refractivity contribution in [2.24, 2.45) is 0 Å². The second-order valence-electron chi connectivity index (χ2n) is 5.07. The van der Waals surface area contributed by atoms with Crippen molar-refractivity contribution in [1.82, 2.24) is 19.9 Å². The van der Waals surface area contributed by atoms with Crippen LogP contribution in [0.4, 0.5) is 0 Å². The average molecular weight is 336 g/mol. The van der Waals surface area contributed by atoms with Gasteiger partial charge in [-0.1, -0.05) is 18.2 Å². The zero-order valence-corrected chi connectivity index (χ0v) is 13.8. The number of carbonyl (C=O) groups excluding carboxylic acids is 1. The van der Waals surface area contributed by atoms with Crippen molar-refractivity contribution >= 4 is 5.97 Å². The molecule has 3 aromatic rings. The maximum Gasteiger partial charge on any atom is 0.345 e. The maximum absolute atomic E-state index is 12.2. The summed E-state index contributed by atoms with van der Waals surface area (Å²) in [5.41, 5.74) is 1.05. The molecule has 2 heterocycles. The number of aryl methyl sites for hydroxylation is 1. The van der Waals surface area contributed by atoms with Crippen molar-refractivity contribution in [3.8, 4) is 23.3 Å². The smallest absolute Gasteiger partial charge is 0.345 e. The van der Waals surface area contributed by atoms with E-state index in [9.17, 15) is 4.79 Å². The molecule has 0 aliphatic heterocycles. The van der Waals surface area contributed by atoms with Crippen LogP contribution in [0.5, 0.6) is 11.6 Å². The molecule has 25 heavy (non-hydrogen) atoms. The van der Waals surface area contributed by atoms with E-state index in [0.717, 1.165) is 5.56 Å². The lowest BCUT2D eigenvalue weighted by molar-refractivity contribution is 0.0522. The number of rotatable bonds is 5. The molecular formula is C18H16N4O3. The molecule has 0 aliphatic rings. The van der Waals surface area contributed by atoms with Crippen molar-refractivity contribution in [2.75, 3.05) is 6.61 Å². The van der Waals surface area contributed by atoms with Crippen LogP contribution < -0.4 is 4.74 Å². The molecule has 1 aromatic carbocycles. The number of hydrogen-bond donors (Lipinski definition) is 0. The molecule has 2 aromatic heterocycles. The van der Waals surface area contributed by atoms with Crippen LogP contribution in [0.15, 0.2) is 48.9 Å². The highest BCUT2D eigenvalue weighted by Crippen LogP contribution is 2.27. The molecule has 7 heteroatoms. The monoisotopic (exact) mass is 336 g/mol. The largest absolute Gasteiger partial charge is 0.462 e. The fourth-order valence-corrected chi connectivity index (χ4v) is 2.09. The van der Waals surface area contributed by atoms with Crippen LogP contribution in [0.1, 0.15) is 22.8 Å². The minimum Gasteiger partial charge on any atom is -0.462 e. The molecular weight excluding hydrogens is 320 g/mol. The summed E-state index contributed by atoms with van der Waals surface area (Å²) >= 11 is 0. The lowest BCUT2D eigenvalue weighted by Gasteiger charge is -2.11. The summed E-state index contributed by atoms with van der Waals surface area (Å²) in [4.78, 5) is 28.9. The zero-order valence-electron chi connectivity index (χ0n) is 13.8. The van der Waals surface area contributed by atoms with Crippen molar-refractivity contribution < 1.29 is 14.3 Å². The summed E-state index contributed by atoms with van der Waals surface area (Å²) in [5, 5.41) is 0. The van der Waals surface area contributed by atoms with Crippen molar-refractivity contribution in [2.45, 2.75) is 13.8 Å². The van der Waals surface area contributed by atoms with E-state index in [2.05, 4.69) is 19.9 Å². The number of aromatic nitrogens is 4. The van der Waals surface area contributed by atoms with Crippen molar-refractivity contribution in [3.63, 3.8) is 0 Å². The lowest BCUT2D eigenvalue weighted by Crippen LogP contribution is -2.10. The summed E-state index contributed by atoms with van der Waals surface area (Å²) in [5.74, 6) is 0.744. The van der Waals surface area contributed by atoms with E-state index in [0.29, 0.717) is 11.6 Å². The van der Waals surface area contributed by atoms with Gasteiger partial charge in [0.15, 0.2) is 5.82 Å². The van der Waals surface area contributed by atoms with Gasteiger partial charge in [0.1, 0.15) is 11.3 Å². The second-order valence-corrected chi connectivity index (χ2v) is 5.07. The average Bonchev–Trinajstić information content (AvgIpc) is 2.64. The Morgan fingerprint density at radius 2 is 1.80 bits per heavy atom. The highest BCUT2D eigenvalue weighted by molar-refractivity contribution is 5.91. The van der Waals surface area contributed by atoms with Gasteiger partial charge < -0.3 is 9.47 Å². The first-order valence-corrected chi connectivity index (χ1v) is 7.74. The minimum absolute atomic E-state index is 0.102. The highest BCUT2D eigenvalue weighted by Gasteiger charge is 2.19. The van der Waals surface area contributed by atoms with Crippen molar-refractivity contribution in [3.05, 3.63) is 60.0 Å². The first-order chi connectivity index (χ1) is 12.2. The number of nitrogens with zero attached hydrogens (tertiary/aromatic N) is 4. The summed E-state index contributed by atoms with van der Waals surface area (Å²) in [6.45, 7) is 3.88. The van der Waals surface area contributed by atoms with Crippen LogP contribution in [0, 0.1) is 6.92 Å². The van der Waals surface area contributed by atoms with Gasteiger partial charge in [-0.15, -0.1) is 0 Å². The molecule has 0 saturated heterocycles. The first-order valence-electron chi connectivity index (χ1n) is 7.74. The molecule has 0 bridgehead atoms. The summed E-state index contributed by atoms with van der Waals surface area (Å²) in [6, 6.07) is 9.14. The van der Waals surface area contributed by atoms with E-state index < -0.39 is 5.97 Å². The van der Waals surface area contributed by atoms with E-state index in [1.165, 1.54) is 6.20 Å². The second kappa shape index (κ2) is 7.48. The van der Waals surface area contributed by atoms with E-state index >= 15 is 0 Å². The van der Waals surface area contributed by atoms with Gasteiger partial charge in [-0.3, -0.25) is 0 Å². The molecule has 0 radical (unpaired) electrons. The fraction of sp³-hybridized carbons (Fsp3) is 0.167. The molecule has 0 fully saturated rings. The number of para-hydroxylation sites is 1. The quantitative estimate of drug-likeness (QED) is 0.661. The predicted octanol–water partition coefficient (Wildman–Crippen LogP) is 3.21. The van der Waals surface area contributed by atoms with E-state index in [4.69, 9.17) is 9.47 Å². The Kier molecular flexibility index (Phi) is 4.94. The Bertz CT molecular complexity index is 884. The van der Waals surface area contributed by atoms with Crippen molar-refractivity contribution in [1.29, 1.82) is 0 Å². The normalized spacial score (nSPS) is 10.3. The van der Waals surface area contributed by atoms with Crippen LogP contribution in [0.2, 0.25) is 0 Å². The summed E-state index contributed by atoms with van der Waals surface area (Å²) in [7, 11) is 0. The molecule has 0 unspecified atom stereocenters. The summed E-state index contributed by atoms with van der Waals surface area (Å²) in [6.07, 6.45) is 4.55. The maximum atomic E-state index is 12.2. The molecule has 0 aliphatic carbocycles. The molecule has 126 valence electrons. The SMILES string of the molecule is CCOC(=O)c1cnc(-c2ncccn2)nc1Oc1ccccc1C. The number of carbonyl (C=O) groups is 1. The topological polar surface area (TPSA) is 87.1 Å². The van der Waals surface area contributed by atoms with Crippen LogP contribution in [-0.4, -0.2) is 32.5 Å². The van der Waals surface area contributed by atoms with Crippen LogP contribution >= 0.6 is 0 Å². The Labute approximate surface area is 144 Å². The van der Waals surface area contributed by atoms with Gasteiger partial charge in [-0.05, 0) is 31.5 Å². The molecule has 3 rings (SSSR count).